The van der Waals surface area contributed by atoms with Gasteiger partial charge in [-0.1, -0.05) is 13.8 Å². The monoisotopic (exact) mass is 701 g/mol. The Hall–Kier alpha value is -5.25. The smallest absolute Gasteiger partial charge is 0.306 e. The summed E-state index contributed by atoms with van der Waals surface area (Å²) in [4.78, 5) is 47.5. The lowest BCUT2D eigenvalue weighted by Gasteiger charge is -2.08. The highest BCUT2D eigenvalue weighted by Crippen LogP contribution is 2.38. The predicted octanol–water partition coefficient (Wildman–Crippen LogP) is 8.44. The molecule has 1 amide bonds. The SMILES string of the molecule is CCOC(=O)CCC1=C(C)c2cc3[nH]c(cc4[nH]c(cc5nc(cc1n2)C(CCC(=O)NCCCn1ccnc1)=C5C)c(CC)c4C)c(CC)c3C. The van der Waals surface area contributed by atoms with Gasteiger partial charge in [0, 0.05) is 60.4 Å². The third kappa shape index (κ3) is 7.66. The molecule has 0 saturated heterocycles. The Labute approximate surface area is 305 Å². The van der Waals surface area contributed by atoms with Crippen molar-refractivity contribution in [1.29, 1.82) is 0 Å². The number of esters is 1. The molecule has 0 radical (unpaired) electrons. The van der Waals surface area contributed by atoms with E-state index >= 15 is 0 Å². The van der Waals surface area contributed by atoms with Gasteiger partial charge in [0.25, 0.3) is 0 Å². The first-order valence-electron chi connectivity index (χ1n) is 18.6. The van der Waals surface area contributed by atoms with Crippen LogP contribution in [0.2, 0.25) is 0 Å². The highest BCUT2D eigenvalue weighted by atomic mass is 16.5. The summed E-state index contributed by atoms with van der Waals surface area (Å²) in [5, 5.41) is 3.09. The second-order valence-electron chi connectivity index (χ2n) is 13.7. The van der Waals surface area contributed by atoms with Gasteiger partial charge in [-0.25, -0.2) is 15.0 Å². The number of aromatic amines is 2. The number of carbonyl (C=O) groups excluding carboxylic acids is 2. The number of allylic oxidation sites excluding steroid dienone is 4. The number of nitrogens with zero attached hydrogens (tertiary/aromatic N) is 4. The number of nitrogens with one attached hydrogen (secondary N) is 3. The van der Waals surface area contributed by atoms with E-state index in [4.69, 9.17) is 14.7 Å². The molecule has 6 heterocycles. The molecule has 2 aliphatic heterocycles. The molecular formula is C42H51N7O3. The Morgan fingerprint density at radius 3 is 1.90 bits per heavy atom. The number of hydrogen-bond donors (Lipinski definition) is 3. The summed E-state index contributed by atoms with van der Waals surface area (Å²) in [5.74, 6) is -0.218. The van der Waals surface area contributed by atoms with Crippen LogP contribution >= 0.6 is 0 Å². The quantitative estimate of drug-likeness (QED) is 0.0948. The molecule has 0 aromatic carbocycles. The van der Waals surface area contributed by atoms with Gasteiger partial charge in [0.2, 0.25) is 5.91 Å². The number of H-pyrrole nitrogens is 2. The minimum atomic E-state index is -0.228. The molecule has 0 saturated carbocycles. The number of ether oxygens (including phenoxy) is 1. The largest absolute Gasteiger partial charge is 0.466 e. The first kappa shape index (κ1) is 36.5. The number of aryl methyl sites for hydroxylation is 5. The number of amides is 1. The molecule has 3 N–H and O–H groups in total. The lowest BCUT2D eigenvalue weighted by molar-refractivity contribution is -0.142. The normalized spacial score (nSPS) is 12.9. The molecule has 8 bridgehead atoms. The van der Waals surface area contributed by atoms with Crippen LogP contribution in [-0.4, -0.2) is 54.5 Å². The van der Waals surface area contributed by atoms with Crippen molar-refractivity contribution in [2.75, 3.05) is 13.2 Å². The zero-order valence-electron chi connectivity index (χ0n) is 31.6. The maximum atomic E-state index is 13.1. The second kappa shape index (κ2) is 16.0. The number of carbonyl (C=O) groups is 2. The molecular weight excluding hydrogens is 651 g/mol. The first-order chi connectivity index (χ1) is 25.1. The molecule has 6 rings (SSSR count). The van der Waals surface area contributed by atoms with E-state index in [1.54, 1.807) is 12.5 Å². The molecule has 4 aromatic rings. The van der Waals surface area contributed by atoms with E-state index < -0.39 is 0 Å². The van der Waals surface area contributed by atoms with Crippen LogP contribution in [0.5, 0.6) is 0 Å². The van der Waals surface area contributed by atoms with Gasteiger partial charge in [0.1, 0.15) is 0 Å². The summed E-state index contributed by atoms with van der Waals surface area (Å²) < 4.78 is 7.30. The summed E-state index contributed by atoms with van der Waals surface area (Å²) in [7, 11) is 0. The molecule has 2 aliphatic rings. The van der Waals surface area contributed by atoms with Gasteiger partial charge in [-0.15, -0.1) is 0 Å². The van der Waals surface area contributed by atoms with Crippen LogP contribution in [0.1, 0.15) is 112 Å². The van der Waals surface area contributed by atoms with Crippen LogP contribution in [-0.2, 0) is 33.7 Å². The van der Waals surface area contributed by atoms with Crippen molar-refractivity contribution in [3.8, 4) is 0 Å². The van der Waals surface area contributed by atoms with Crippen molar-refractivity contribution in [3.05, 3.63) is 88.0 Å². The first-order valence-corrected chi connectivity index (χ1v) is 18.6. The van der Waals surface area contributed by atoms with E-state index in [2.05, 4.69) is 80.0 Å². The summed E-state index contributed by atoms with van der Waals surface area (Å²) in [6, 6.07) is 8.55. The van der Waals surface area contributed by atoms with E-state index in [1.807, 2.05) is 23.8 Å². The number of rotatable bonds is 13. The van der Waals surface area contributed by atoms with Crippen LogP contribution in [0.15, 0.2) is 43.0 Å². The summed E-state index contributed by atoms with van der Waals surface area (Å²) in [5.41, 5.74) is 16.6. The molecule has 10 heteroatoms. The van der Waals surface area contributed by atoms with E-state index in [0.717, 1.165) is 92.9 Å². The fraction of sp³-hybridized carbons (Fsp3) is 0.405. The fourth-order valence-corrected chi connectivity index (χ4v) is 7.45. The minimum absolute atomic E-state index is 0.00999. The zero-order chi connectivity index (χ0) is 36.9. The standard InChI is InChI=1S/C42H51N7O3/c1-8-29-25(4)33-20-34-28(7)32(13-15-42(51)52-10-3)40(47-34)23-39-31(12-14-41(50)44-16-11-18-49-19-17-43-24-49)27(6)36(48-39)22-38-30(9-2)26(5)35(46-38)21-37(29)45-33/h17,19-24,45-46H,8-16,18H2,1-7H3,(H,44,50). The average molecular weight is 702 g/mol. The molecule has 4 aromatic heterocycles. The van der Waals surface area contributed by atoms with Gasteiger partial charge in [-0.05, 0) is 136 Å². The average Bonchev–Trinajstić information content (AvgIpc) is 3.92. The van der Waals surface area contributed by atoms with Crippen LogP contribution in [0.3, 0.4) is 0 Å². The van der Waals surface area contributed by atoms with Gasteiger partial charge in [0.15, 0.2) is 0 Å². The van der Waals surface area contributed by atoms with Crippen molar-refractivity contribution < 1.29 is 14.3 Å². The summed E-state index contributed by atoms with van der Waals surface area (Å²) >= 11 is 0. The highest BCUT2D eigenvalue weighted by Gasteiger charge is 2.23. The molecule has 52 heavy (non-hydrogen) atoms. The lowest BCUT2D eigenvalue weighted by Crippen LogP contribution is -2.24. The molecule has 0 fully saturated rings. The van der Waals surface area contributed by atoms with Gasteiger partial charge < -0.3 is 24.6 Å². The van der Waals surface area contributed by atoms with E-state index in [1.165, 1.54) is 22.3 Å². The second-order valence-corrected chi connectivity index (χ2v) is 13.7. The zero-order valence-corrected chi connectivity index (χ0v) is 31.6. The highest BCUT2D eigenvalue weighted by molar-refractivity contribution is 5.96. The maximum Gasteiger partial charge on any atom is 0.306 e. The maximum absolute atomic E-state index is 13.1. The van der Waals surface area contributed by atoms with E-state index in [0.29, 0.717) is 32.4 Å². The number of imidazole rings is 1. The predicted molar refractivity (Wildman–Crippen MR) is 209 cm³/mol. The van der Waals surface area contributed by atoms with Crippen molar-refractivity contribution >= 4 is 56.2 Å². The molecule has 0 unspecified atom stereocenters. The van der Waals surface area contributed by atoms with Crippen LogP contribution in [0.25, 0.3) is 44.4 Å². The third-order valence-electron chi connectivity index (χ3n) is 10.5. The molecule has 0 spiro atoms. The Bertz CT molecular complexity index is 2220. The molecule has 0 aliphatic carbocycles. The number of aromatic nitrogens is 6. The van der Waals surface area contributed by atoms with Crippen LogP contribution in [0.4, 0.5) is 0 Å². The Morgan fingerprint density at radius 1 is 0.750 bits per heavy atom. The van der Waals surface area contributed by atoms with Gasteiger partial charge in [0.05, 0.1) is 35.7 Å². The lowest BCUT2D eigenvalue weighted by atomic mass is 9.98. The van der Waals surface area contributed by atoms with Crippen molar-refractivity contribution in [2.45, 2.75) is 100.0 Å². The summed E-state index contributed by atoms with van der Waals surface area (Å²) in [6.07, 6.45) is 9.71. The summed E-state index contributed by atoms with van der Waals surface area (Å²) in [6.45, 7) is 16.5. The Balaban J connectivity index is 1.47. The molecule has 10 nitrogen and oxygen atoms in total. The Morgan fingerprint density at radius 2 is 1.33 bits per heavy atom. The van der Waals surface area contributed by atoms with Gasteiger partial charge in [-0.3, -0.25) is 9.59 Å². The van der Waals surface area contributed by atoms with E-state index in [-0.39, 0.29) is 18.3 Å². The van der Waals surface area contributed by atoms with Crippen molar-refractivity contribution in [3.63, 3.8) is 0 Å². The van der Waals surface area contributed by atoms with Crippen molar-refractivity contribution in [1.82, 2.24) is 34.8 Å². The minimum Gasteiger partial charge on any atom is -0.466 e. The van der Waals surface area contributed by atoms with Crippen LogP contribution < -0.4 is 5.32 Å². The van der Waals surface area contributed by atoms with E-state index in [9.17, 15) is 9.59 Å². The number of fused-ring (bicyclic) bond motifs is 8. The molecule has 272 valence electrons. The van der Waals surface area contributed by atoms with Crippen molar-refractivity contribution in [2.24, 2.45) is 0 Å². The van der Waals surface area contributed by atoms with Gasteiger partial charge in [-0.2, -0.15) is 0 Å². The topological polar surface area (TPSA) is 131 Å². The fourth-order valence-electron chi connectivity index (χ4n) is 7.45. The van der Waals surface area contributed by atoms with Gasteiger partial charge >= 0.3 is 5.97 Å². The molecule has 0 atom stereocenters. The van der Waals surface area contributed by atoms with Crippen LogP contribution in [0, 0.1) is 13.8 Å². The number of hydrogen-bond acceptors (Lipinski definition) is 6. The third-order valence-corrected chi connectivity index (χ3v) is 10.5. The Kier molecular flexibility index (Phi) is 11.2.